The lowest BCUT2D eigenvalue weighted by Gasteiger charge is -2.38. The van der Waals surface area contributed by atoms with Gasteiger partial charge in [0.1, 0.15) is 17.2 Å². The van der Waals surface area contributed by atoms with Gasteiger partial charge in [0.15, 0.2) is 5.75 Å². The number of amides is 1. The highest BCUT2D eigenvalue weighted by atomic mass is 35.5. The molecule has 2 aromatic carbocycles. The van der Waals surface area contributed by atoms with E-state index in [2.05, 4.69) is 10.5 Å². The smallest absolute Gasteiger partial charge is 0.411 e. The Bertz CT molecular complexity index is 1220. The predicted molar refractivity (Wildman–Crippen MR) is 137 cm³/mol. The monoisotopic (exact) mass is 511 g/mol. The summed E-state index contributed by atoms with van der Waals surface area (Å²) in [4.78, 5) is 37.8. The van der Waals surface area contributed by atoms with E-state index < -0.39 is 23.7 Å². The van der Waals surface area contributed by atoms with Crippen LogP contribution in [-0.2, 0) is 21.0 Å². The number of carbonyl (C=O) groups is 2. The average molecular weight is 512 g/mol. The zero-order valence-electron chi connectivity index (χ0n) is 20.6. The molecule has 190 valence electrons. The summed E-state index contributed by atoms with van der Waals surface area (Å²) in [7, 11) is 0. The summed E-state index contributed by atoms with van der Waals surface area (Å²) in [5.41, 5.74) is 3.82. The van der Waals surface area contributed by atoms with E-state index in [4.69, 9.17) is 25.9 Å². The summed E-state index contributed by atoms with van der Waals surface area (Å²) >= 11 is 6.27. The van der Waals surface area contributed by atoms with Crippen molar-refractivity contribution in [3.8, 4) is 5.75 Å². The number of nitrogens with one attached hydrogen (secondary N) is 1. The number of aromatic nitrogens is 1. The molecule has 1 fully saturated rings. The summed E-state index contributed by atoms with van der Waals surface area (Å²) < 4.78 is 11.3. The van der Waals surface area contributed by atoms with Crippen LogP contribution in [0.2, 0.25) is 5.02 Å². The molecule has 1 saturated heterocycles. The van der Waals surface area contributed by atoms with Crippen molar-refractivity contribution in [2.24, 2.45) is 0 Å². The van der Waals surface area contributed by atoms with Crippen LogP contribution in [0.4, 0.5) is 4.79 Å². The largest absolute Gasteiger partial charge is 0.444 e. The highest BCUT2D eigenvalue weighted by Gasteiger charge is 2.39. The van der Waals surface area contributed by atoms with Crippen molar-refractivity contribution in [2.45, 2.75) is 57.9 Å². The normalized spacial score (nSPS) is 18.2. The van der Waals surface area contributed by atoms with Gasteiger partial charge in [0.2, 0.25) is 0 Å². The highest BCUT2D eigenvalue weighted by Crippen LogP contribution is 2.31. The molecule has 1 aliphatic rings. The minimum atomic E-state index is -0.818. The number of halogens is 1. The Balaban J connectivity index is 1.47. The summed E-state index contributed by atoms with van der Waals surface area (Å²) in [5, 5.41) is 1.19. The Labute approximate surface area is 215 Å². The molecular weight excluding hydrogens is 482 g/mol. The molecule has 36 heavy (non-hydrogen) atoms. The number of likely N-dealkylation sites (tertiary alicyclic amines) is 1. The number of ether oxygens (including phenoxy) is 2. The number of pyridine rings is 1. The quantitative estimate of drug-likeness (QED) is 0.273. The molecule has 1 amide bonds. The molecule has 2 atom stereocenters. The first-order chi connectivity index (χ1) is 17.2. The number of nitrogens with zero attached hydrogens (tertiary/aromatic N) is 2. The van der Waals surface area contributed by atoms with E-state index in [1.165, 1.54) is 4.90 Å². The van der Waals surface area contributed by atoms with Gasteiger partial charge in [-0.3, -0.25) is 14.7 Å². The molecule has 1 N–H and O–H groups in total. The van der Waals surface area contributed by atoms with Crippen molar-refractivity contribution in [1.82, 2.24) is 15.4 Å². The Morgan fingerprint density at radius 1 is 1.08 bits per heavy atom. The van der Waals surface area contributed by atoms with Crippen LogP contribution in [0.3, 0.4) is 0 Å². The number of hydroxylamine groups is 1. The lowest BCUT2D eigenvalue weighted by Crippen LogP contribution is -2.57. The van der Waals surface area contributed by atoms with Crippen molar-refractivity contribution in [1.29, 1.82) is 0 Å². The van der Waals surface area contributed by atoms with Crippen LogP contribution < -0.4 is 10.2 Å². The molecule has 0 saturated carbocycles. The molecule has 2 heterocycles. The Morgan fingerprint density at radius 3 is 2.61 bits per heavy atom. The van der Waals surface area contributed by atoms with E-state index in [9.17, 15) is 9.59 Å². The van der Waals surface area contributed by atoms with Crippen molar-refractivity contribution >= 4 is 34.6 Å². The van der Waals surface area contributed by atoms with Crippen molar-refractivity contribution in [3.63, 3.8) is 0 Å². The van der Waals surface area contributed by atoms with Gasteiger partial charge in [0.05, 0.1) is 17.7 Å². The second-order valence-corrected chi connectivity index (χ2v) is 10.1. The van der Waals surface area contributed by atoms with Crippen molar-refractivity contribution in [2.75, 3.05) is 6.54 Å². The molecule has 1 aromatic heterocycles. The number of esters is 1. The van der Waals surface area contributed by atoms with Crippen LogP contribution >= 0.6 is 11.6 Å². The van der Waals surface area contributed by atoms with Gasteiger partial charge in [-0.05, 0) is 63.4 Å². The van der Waals surface area contributed by atoms with Gasteiger partial charge >= 0.3 is 12.1 Å². The second-order valence-electron chi connectivity index (χ2n) is 9.68. The minimum absolute atomic E-state index is 0.177. The van der Waals surface area contributed by atoms with Crippen LogP contribution in [0.25, 0.3) is 10.9 Å². The van der Waals surface area contributed by atoms with Gasteiger partial charge in [-0.2, -0.15) is 5.48 Å². The number of benzene rings is 2. The standard InChI is InChI=1S/C27H30ClN3O5/c1-27(2,3)36-26(33)31-16-19(30-34-17-18-8-5-4-6-9-18)11-13-22(31)25(32)35-23-14-12-21(28)20-10-7-15-29-24(20)23/h4-10,12,14-15,19,22,30H,11,13,16-17H2,1-3H3/t19-,22+/m1/s1. The Morgan fingerprint density at radius 2 is 1.86 bits per heavy atom. The van der Waals surface area contributed by atoms with Gasteiger partial charge in [0.25, 0.3) is 0 Å². The molecule has 1 aliphatic heterocycles. The fraction of sp³-hybridized carbons (Fsp3) is 0.370. The predicted octanol–water partition coefficient (Wildman–Crippen LogP) is 5.28. The summed E-state index contributed by atoms with van der Waals surface area (Å²) in [5.74, 6) is -0.269. The first-order valence-electron chi connectivity index (χ1n) is 11.9. The van der Waals surface area contributed by atoms with E-state index >= 15 is 0 Å². The first kappa shape index (κ1) is 25.9. The van der Waals surface area contributed by atoms with Gasteiger partial charge in [-0.1, -0.05) is 41.9 Å². The van der Waals surface area contributed by atoms with E-state index in [-0.39, 0.29) is 18.3 Å². The maximum atomic E-state index is 13.3. The molecule has 0 spiro atoms. The number of hydrogen-bond donors (Lipinski definition) is 1. The van der Waals surface area contributed by atoms with Crippen LogP contribution in [-0.4, -0.2) is 46.2 Å². The van der Waals surface area contributed by atoms with E-state index in [0.29, 0.717) is 35.4 Å². The van der Waals surface area contributed by atoms with Gasteiger partial charge in [-0.15, -0.1) is 0 Å². The molecule has 4 rings (SSSR count). The average Bonchev–Trinajstić information content (AvgIpc) is 2.85. The number of rotatable bonds is 6. The molecular formula is C27H30ClN3O5. The fourth-order valence-corrected chi connectivity index (χ4v) is 4.24. The first-order valence-corrected chi connectivity index (χ1v) is 12.2. The lowest BCUT2D eigenvalue weighted by molar-refractivity contribution is -0.142. The third-order valence-corrected chi connectivity index (χ3v) is 6.03. The second kappa shape index (κ2) is 11.2. The van der Waals surface area contributed by atoms with Crippen LogP contribution in [0, 0.1) is 0 Å². The Hall–Kier alpha value is -3.20. The summed E-state index contributed by atoms with van der Waals surface area (Å²) in [6.45, 7) is 5.96. The third kappa shape index (κ3) is 6.51. The number of carbonyl (C=O) groups excluding carboxylic acids is 2. The maximum Gasteiger partial charge on any atom is 0.411 e. The topological polar surface area (TPSA) is 90.0 Å². The molecule has 9 heteroatoms. The highest BCUT2D eigenvalue weighted by molar-refractivity contribution is 6.35. The van der Waals surface area contributed by atoms with Crippen LogP contribution in [0.5, 0.6) is 5.75 Å². The Kier molecular flexibility index (Phi) is 8.08. The maximum absolute atomic E-state index is 13.3. The number of hydrogen-bond acceptors (Lipinski definition) is 7. The number of piperidine rings is 1. The zero-order chi connectivity index (χ0) is 25.7. The molecule has 8 nitrogen and oxygen atoms in total. The summed E-state index contributed by atoms with van der Waals surface area (Å²) in [6, 6.07) is 15.6. The van der Waals surface area contributed by atoms with E-state index in [1.807, 2.05) is 30.3 Å². The minimum Gasteiger partial charge on any atom is -0.444 e. The summed E-state index contributed by atoms with van der Waals surface area (Å²) in [6.07, 6.45) is 2.00. The van der Waals surface area contributed by atoms with Crippen LogP contribution in [0.15, 0.2) is 60.8 Å². The zero-order valence-corrected chi connectivity index (χ0v) is 21.3. The van der Waals surface area contributed by atoms with Crippen molar-refractivity contribution < 1.29 is 23.9 Å². The van der Waals surface area contributed by atoms with E-state index in [1.54, 1.807) is 51.2 Å². The van der Waals surface area contributed by atoms with Crippen molar-refractivity contribution in [3.05, 3.63) is 71.4 Å². The SMILES string of the molecule is CC(C)(C)OC(=O)N1C[C@H](NOCc2ccccc2)CC[C@H]1C(=O)Oc1ccc(Cl)c2cccnc12. The molecule has 0 aliphatic carbocycles. The third-order valence-electron chi connectivity index (χ3n) is 5.70. The molecule has 0 unspecified atom stereocenters. The van der Waals surface area contributed by atoms with Gasteiger partial charge in [-0.25, -0.2) is 9.59 Å². The van der Waals surface area contributed by atoms with Gasteiger partial charge < -0.3 is 9.47 Å². The lowest BCUT2D eigenvalue weighted by atomic mass is 9.99. The fourth-order valence-electron chi connectivity index (χ4n) is 4.02. The number of fused-ring (bicyclic) bond motifs is 1. The molecule has 0 radical (unpaired) electrons. The molecule has 3 aromatic rings. The molecule has 0 bridgehead atoms. The van der Waals surface area contributed by atoms with Crippen LogP contribution in [0.1, 0.15) is 39.2 Å². The van der Waals surface area contributed by atoms with Gasteiger partial charge in [0, 0.05) is 18.1 Å². The van der Waals surface area contributed by atoms with E-state index in [0.717, 1.165) is 5.56 Å².